The van der Waals surface area contributed by atoms with Crippen LogP contribution in [0.25, 0.3) is 0 Å². The van der Waals surface area contributed by atoms with E-state index < -0.39 is 11.7 Å². The van der Waals surface area contributed by atoms with Gasteiger partial charge in [-0.1, -0.05) is 79.4 Å². The van der Waals surface area contributed by atoms with Crippen molar-refractivity contribution in [3.63, 3.8) is 0 Å². The lowest BCUT2D eigenvalue weighted by molar-refractivity contribution is 0.0936. The Labute approximate surface area is 291 Å². The summed E-state index contributed by atoms with van der Waals surface area (Å²) in [6.07, 6.45) is 12.1. The Kier molecular flexibility index (Phi) is 13.8. The molecule has 2 aliphatic rings. The predicted molar refractivity (Wildman–Crippen MR) is 189 cm³/mol. The number of amides is 3. The topological polar surface area (TPSA) is 113 Å². The molecule has 0 aromatic heterocycles. The molecule has 3 aromatic rings. The molecule has 0 unspecified atom stereocenters. The number of halogens is 4. The highest BCUT2D eigenvalue weighted by molar-refractivity contribution is 6.34. The maximum Gasteiger partial charge on any atom is 0.260 e. The Bertz CT molecular complexity index is 1570. The van der Waals surface area contributed by atoms with Gasteiger partial charge in [0.05, 0.1) is 27.4 Å². The number of anilines is 2. The molecular formula is C36H42Cl3FN4O3. The van der Waals surface area contributed by atoms with Crippen LogP contribution in [0.5, 0.6) is 0 Å². The van der Waals surface area contributed by atoms with Crippen molar-refractivity contribution in [3.05, 3.63) is 91.7 Å². The lowest BCUT2D eigenvalue weighted by Gasteiger charge is -2.22. The summed E-state index contributed by atoms with van der Waals surface area (Å²) < 4.78 is 14.4. The summed E-state index contributed by atoms with van der Waals surface area (Å²) in [6, 6.07) is 12.5. The number of hydrogen-bond acceptors (Lipinski definition) is 4. The predicted octanol–water partition coefficient (Wildman–Crippen LogP) is 9.24. The van der Waals surface area contributed by atoms with Crippen LogP contribution in [0.15, 0.2) is 48.5 Å². The van der Waals surface area contributed by atoms with Crippen LogP contribution in [0.2, 0.25) is 15.1 Å². The normalized spacial score (nSPS) is 15.3. The van der Waals surface area contributed by atoms with E-state index in [0.717, 1.165) is 19.4 Å². The van der Waals surface area contributed by atoms with Gasteiger partial charge in [0.15, 0.2) is 0 Å². The number of carbonyl (C=O) groups excluding carboxylic acids is 3. The third kappa shape index (κ3) is 10.6. The SMILES string of the molecule is Cc1ccc(Cl)c(C(=O)Nc2ccc(Cl)cc2C(=O)NCC2CCCCC2)c1F.Nc1ccc(Cl)cc1C(=O)NCC1CCCCC1. The van der Waals surface area contributed by atoms with Crippen molar-refractivity contribution in [2.75, 3.05) is 24.1 Å². The molecule has 5 rings (SSSR count). The smallest absolute Gasteiger partial charge is 0.260 e. The van der Waals surface area contributed by atoms with Gasteiger partial charge in [0.25, 0.3) is 17.7 Å². The fraction of sp³-hybridized carbons (Fsp3) is 0.417. The summed E-state index contributed by atoms with van der Waals surface area (Å²) in [4.78, 5) is 37.4. The number of nitrogens with one attached hydrogen (secondary N) is 3. The molecule has 2 aliphatic carbocycles. The first-order valence-electron chi connectivity index (χ1n) is 16.2. The molecule has 0 spiro atoms. The van der Waals surface area contributed by atoms with Gasteiger partial charge in [-0.2, -0.15) is 0 Å². The van der Waals surface area contributed by atoms with E-state index in [9.17, 15) is 18.8 Å². The molecule has 47 heavy (non-hydrogen) atoms. The molecule has 2 saturated carbocycles. The average Bonchev–Trinajstić information content (AvgIpc) is 3.07. The molecule has 0 saturated heterocycles. The molecule has 252 valence electrons. The maximum atomic E-state index is 14.4. The Morgan fingerprint density at radius 1 is 0.723 bits per heavy atom. The highest BCUT2D eigenvalue weighted by atomic mass is 35.5. The Balaban J connectivity index is 0.000000238. The number of rotatable bonds is 8. The molecule has 3 amide bonds. The van der Waals surface area contributed by atoms with Crippen molar-refractivity contribution in [3.8, 4) is 0 Å². The number of nitrogen functional groups attached to an aromatic ring is 1. The van der Waals surface area contributed by atoms with E-state index in [1.54, 1.807) is 31.2 Å². The van der Waals surface area contributed by atoms with Gasteiger partial charge in [-0.25, -0.2) is 4.39 Å². The first-order chi connectivity index (χ1) is 22.5. The standard InChI is InChI=1S/C22H23Cl2FN2O2.C14H19ClN2O/c1-13-7-9-17(24)19(20(13)25)22(29)27-18-10-8-15(23)11-16(18)21(28)26-12-14-5-3-2-4-6-14;15-11-6-7-13(16)12(8-11)14(18)17-9-10-4-2-1-3-5-10/h7-11,14H,2-6,12H2,1H3,(H,26,28)(H,27,29);6-8,10H,1-5,9,16H2,(H,17,18). The van der Waals surface area contributed by atoms with E-state index in [0.29, 0.717) is 45.2 Å². The van der Waals surface area contributed by atoms with Crippen molar-refractivity contribution in [1.29, 1.82) is 0 Å². The Morgan fingerprint density at radius 2 is 1.23 bits per heavy atom. The molecule has 0 atom stereocenters. The lowest BCUT2D eigenvalue weighted by Crippen LogP contribution is -2.31. The van der Waals surface area contributed by atoms with Crippen molar-refractivity contribution in [2.45, 2.75) is 71.1 Å². The minimum atomic E-state index is -0.722. The van der Waals surface area contributed by atoms with Crippen LogP contribution in [0, 0.1) is 24.6 Å². The van der Waals surface area contributed by atoms with Crippen molar-refractivity contribution in [1.82, 2.24) is 10.6 Å². The van der Waals surface area contributed by atoms with Crippen LogP contribution < -0.4 is 21.7 Å². The fourth-order valence-electron chi connectivity index (χ4n) is 6.04. The molecule has 0 bridgehead atoms. The summed E-state index contributed by atoms with van der Waals surface area (Å²) in [5.41, 5.74) is 7.25. The third-order valence-electron chi connectivity index (χ3n) is 8.80. The van der Waals surface area contributed by atoms with Crippen LogP contribution in [-0.2, 0) is 0 Å². The van der Waals surface area contributed by atoms with Gasteiger partial charge in [0.1, 0.15) is 5.82 Å². The molecule has 0 aliphatic heterocycles. The fourth-order valence-corrected chi connectivity index (χ4v) is 6.61. The number of nitrogens with two attached hydrogens (primary N) is 1. The highest BCUT2D eigenvalue weighted by Crippen LogP contribution is 2.27. The minimum Gasteiger partial charge on any atom is -0.398 e. The highest BCUT2D eigenvalue weighted by Gasteiger charge is 2.22. The van der Waals surface area contributed by atoms with E-state index in [4.69, 9.17) is 40.5 Å². The second-order valence-electron chi connectivity index (χ2n) is 12.4. The van der Waals surface area contributed by atoms with E-state index in [-0.39, 0.29) is 33.7 Å². The third-order valence-corrected chi connectivity index (χ3v) is 9.58. The number of aryl methyl sites for hydroxylation is 1. The molecule has 7 nitrogen and oxygen atoms in total. The van der Waals surface area contributed by atoms with Gasteiger partial charge in [-0.15, -0.1) is 0 Å². The van der Waals surface area contributed by atoms with Crippen LogP contribution in [-0.4, -0.2) is 30.8 Å². The first-order valence-corrected chi connectivity index (χ1v) is 17.3. The summed E-state index contributed by atoms with van der Waals surface area (Å²) >= 11 is 18.0. The van der Waals surface area contributed by atoms with Crippen LogP contribution in [0.1, 0.15) is 101 Å². The van der Waals surface area contributed by atoms with Crippen molar-refractivity contribution < 1.29 is 18.8 Å². The largest absolute Gasteiger partial charge is 0.398 e. The second kappa shape index (κ2) is 17.7. The maximum absolute atomic E-state index is 14.4. The van der Waals surface area contributed by atoms with Gasteiger partial charge in [0, 0.05) is 28.8 Å². The second-order valence-corrected chi connectivity index (χ2v) is 13.6. The zero-order valence-electron chi connectivity index (χ0n) is 26.6. The number of hydrogen-bond donors (Lipinski definition) is 4. The van der Waals surface area contributed by atoms with E-state index in [1.807, 2.05) is 0 Å². The Hall–Kier alpha value is -3.33. The van der Waals surface area contributed by atoms with Crippen LogP contribution in [0.3, 0.4) is 0 Å². The summed E-state index contributed by atoms with van der Waals surface area (Å²) in [7, 11) is 0. The number of benzene rings is 3. The van der Waals surface area contributed by atoms with Gasteiger partial charge < -0.3 is 21.7 Å². The Morgan fingerprint density at radius 3 is 1.81 bits per heavy atom. The van der Waals surface area contributed by atoms with Gasteiger partial charge >= 0.3 is 0 Å². The lowest BCUT2D eigenvalue weighted by atomic mass is 9.89. The number of carbonyl (C=O) groups is 3. The summed E-state index contributed by atoms with van der Waals surface area (Å²) in [5.74, 6) is -0.787. The monoisotopic (exact) mass is 702 g/mol. The van der Waals surface area contributed by atoms with Gasteiger partial charge in [-0.05, 0) is 92.5 Å². The van der Waals surface area contributed by atoms with Gasteiger partial charge in [-0.3, -0.25) is 14.4 Å². The molecule has 2 fully saturated rings. The van der Waals surface area contributed by atoms with Crippen LogP contribution in [0.4, 0.5) is 15.8 Å². The van der Waals surface area contributed by atoms with E-state index in [1.165, 1.54) is 75.6 Å². The quantitative estimate of drug-likeness (QED) is 0.175. The molecule has 0 radical (unpaired) electrons. The molecule has 3 aromatic carbocycles. The molecule has 11 heteroatoms. The zero-order valence-corrected chi connectivity index (χ0v) is 28.8. The summed E-state index contributed by atoms with van der Waals surface area (Å²) in [5, 5.41) is 9.39. The first kappa shape index (κ1) is 36.5. The van der Waals surface area contributed by atoms with Gasteiger partial charge in [0.2, 0.25) is 0 Å². The molecule has 0 heterocycles. The van der Waals surface area contributed by atoms with Crippen LogP contribution >= 0.6 is 34.8 Å². The van der Waals surface area contributed by atoms with Crippen molar-refractivity contribution in [2.24, 2.45) is 11.8 Å². The van der Waals surface area contributed by atoms with Crippen molar-refractivity contribution >= 4 is 63.9 Å². The zero-order chi connectivity index (χ0) is 33.9. The molecular weight excluding hydrogens is 662 g/mol. The minimum absolute atomic E-state index is 0.00265. The molecule has 5 N–H and O–H groups in total. The average molecular weight is 704 g/mol. The van der Waals surface area contributed by atoms with E-state index >= 15 is 0 Å². The summed E-state index contributed by atoms with van der Waals surface area (Å²) in [6.45, 7) is 2.87. The van der Waals surface area contributed by atoms with E-state index in [2.05, 4.69) is 16.0 Å².